The van der Waals surface area contributed by atoms with E-state index in [0.29, 0.717) is 24.5 Å². The fourth-order valence-electron chi connectivity index (χ4n) is 2.47. The van der Waals surface area contributed by atoms with Crippen LogP contribution in [0, 0.1) is 5.41 Å². The van der Waals surface area contributed by atoms with Crippen LogP contribution in [-0.2, 0) is 0 Å². The molecule has 0 aromatic heterocycles. The third-order valence-corrected chi connectivity index (χ3v) is 3.44. The summed E-state index contributed by atoms with van der Waals surface area (Å²) in [7, 11) is 0. The van der Waals surface area contributed by atoms with Gasteiger partial charge in [0.05, 0.1) is 0 Å². The fraction of sp³-hybridized carbons (Fsp3) is 0.846. The van der Waals surface area contributed by atoms with Gasteiger partial charge in [-0.05, 0) is 37.7 Å². The van der Waals surface area contributed by atoms with Crippen molar-refractivity contribution in [1.82, 2.24) is 4.90 Å². The van der Waals surface area contributed by atoms with Gasteiger partial charge in [0.15, 0.2) is 0 Å². The van der Waals surface area contributed by atoms with E-state index in [1.165, 1.54) is 0 Å². The molecule has 1 aliphatic rings. The largest absolute Gasteiger partial charge is 0.297 e. The van der Waals surface area contributed by atoms with Crippen molar-refractivity contribution in [3.05, 3.63) is 11.7 Å². The van der Waals surface area contributed by atoms with E-state index in [1.807, 2.05) is 0 Å². The van der Waals surface area contributed by atoms with Gasteiger partial charge in [0.25, 0.3) is 6.08 Å². The molecule has 94 valence electrons. The first-order valence-electron chi connectivity index (χ1n) is 6.02. The molecule has 0 saturated carbocycles. The summed E-state index contributed by atoms with van der Waals surface area (Å²) in [4.78, 5) is 2.35. The van der Waals surface area contributed by atoms with Crippen LogP contribution in [0.2, 0.25) is 0 Å². The van der Waals surface area contributed by atoms with Crippen molar-refractivity contribution < 1.29 is 8.78 Å². The third-order valence-electron chi connectivity index (χ3n) is 3.44. The quantitative estimate of drug-likeness (QED) is 0.658. The van der Waals surface area contributed by atoms with Crippen LogP contribution in [0.25, 0.3) is 0 Å². The Balaban J connectivity index is 2.91. The van der Waals surface area contributed by atoms with Crippen LogP contribution in [0.4, 0.5) is 8.78 Å². The molecular weight excluding hydrogens is 208 g/mol. The average Bonchev–Trinajstić information content (AvgIpc) is 2.15. The Morgan fingerprint density at radius 1 is 1.31 bits per heavy atom. The van der Waals surface area contributed by atoms with Crippen molar-refractivity contribution in [1.29, 1.82) is 0 Å². The normalized spacial score (nSPS) is 24.0. The topological polar surface area (TPSA) is 3.24 Å². The van der Waals surface area contributed by atoms with Crippen LogP contribution < -0.4 is 0 Å². The molecule has 0 radical (unpaired) electrons. The predicted molar refractivity (Wildman–Crippen MR) is 63.6 cm³/mol. The molecule has 16 heavy (non-hydrogen) atoms. The molecule has 1 nitrogen and oxygen atoms in total. The van der Waals surface area contributed by atoms with E-state index in [-0.39, 0.29) is 11.5 Å². The minimum atomic E-state index is -1.46. The Labute approximate surface area is 97.5 Å². The molecule has 1 heterocycles. The lowest BCUT2D eigenvalue weighted by Crippen LogP contribution is -2.50. The minimum absolute atomic E-state index is 0.0470. The molecule has 0 aliphatic carbocycles. The molecule has 0 amide bonds. The standard InChI is InChI=1S/C13H23F2N/c1-9(2)16-7-6-10(12(14)15)8-11(16)13(3,4)5/h9,11H,6-8H2,1-5H3. The van der Waals surface area contributed by atoms with Crippen LogP contribution in [-0.4, -0.2) is 23.5 Å². The number of hydrogen-bond donors (Lipinski definition) is 0. The zero-order valence-corrected chi connectivity index (χ0v) is 11.0. The Morgan fingerprint density at radius 3 is 2.25 bits per heavy atom. The van der Waals surface area contributed by atoms with E-state index >= 15 is 0 Å². The first-order valence-corrected chi connectivity index (χ1v) is 6.02. The molecule has 0 N–H and O–H groups in total. The van der Waals surface area contributed by atoms with Gasteiger partial charge in [-0.1, -0.05) is 20.8 Å². The van der Waals surface area contributed by atoms with E-state index in [9.17, 15) is 8.78 Å². The van der Waals surface area contributed by atoms with Gasteiger partial charge in [0.2, 0.25) is 0 Å². The first kappa shape index (κ1) is 13.6. The second-order valence-electron chi connectivity index (χ2n) is 6.03. The highest BCUT2D eigenvalue weighted by atomic mass is 19.3. The van der Waals surface area contributed by atoms with Crippen molar-refractivity contribution in [3.63, 3.8) is 0 Å². The van der Waals surface area contributed by atoms with Gasteiger partial charge < -0.3 is 0 Å². The summed E-state index contributed by atoms with van der Waals surface area (Å²) in [6, 6.07) is 0.645. The maximum atomic E-state index is 12.7. The number of rotatable bonds is 1. The van der Waals surface area contributed by atoms with Crippen LogP contribution in [0.1, 0.15) is 47.5 Å². The maximum absolute atomic E-state index is 12.7. The molecular formula is C13H23F2N. The zero-order chi connectivity index (χ0) is 12.5. The monoisotopic (exact) mass is 231 g/mol. The molecule has 1 rings (SSSR count). The maximum Gasteiger partial charge on any atom is 0.269 e. The van der Waals surface area contributed by atoms with E-state index in [2.05, 4.69) is 39.5 Å². The van der Waals surface area contributed by atoms with Gasteiger partial charge >= 0.3 is 0 Å². The van der Waals surface area contributed by atoms with Crippen molar-refractivity contribution in [3.8, 4) is 0 Å². The number of likely N-dealkylation sites (tertiary alicyclic amines) is 1. The SMILES string of the molecule is CC(C)N1CCC(=C(F)F)CC1C(C)(C)C. The average molecular weight is 231 g/mol. The van der Waals surface area contributed by atoms with E-state index in [0.717, 1.165) is 6.54 Å². The van der Waals surface area contributed by atoms with Crippen LogP contribution >= 0.6 is 0 Å². The molecule has 1 saturated heterocycles. The summed E-state index contributed by atoms with van der Waals surface area (Å²) in [5.74, 6) is 0. The highest BCUT2D eigenvalue weighted by Gasteiger charge is 2.36. The lowest BCUT2D eigenvalue weighted by atomic mass is 9.78. The number of nitrogens with zero attached hydrogens (tertiary/aromatic N) is 1. The summed E-state index contributed by atoms with van der Waals surface area (Å²) < 4.78 is 25.3. The predicted octanol–water partition coefficient (Wildman–Crippen LogP) is 4.06. The molecule has 1 unspecified atom stereocenters. The van der Waals surface area contributed by atoms with Crippen LogP contribution in [0.5, 0.6) is 0 Å². The van der Waals surface area contributed by atoms with Crippen molar-refractivity contribution >= 4 is 0 Å². The van der Waals surface area contributed by atoms with Crippen LogP contribution in [0.15, 0.2) is 11.7 Å². The molecule has 1 aliphatic heterocycles. The van der Waals surface area contributed by atoms with Gasteiger partial charge in [-0.15, -0.1) is 0 Å². The van der Waals surface area contributed by atoms with Crippen LogP contribution in [0.3, 0.4) is 0 Å². The summed E-state index contributed by atoms with van der Waals surface area (Å²) in [5.41, 5.74) is 0.405. The Hall–Kier alpha value is -0.440. The fourth-order valence-corrected chi connectivity index (χ4v) is 2.47. The molecule has 0 aromatic rings. The van der Waals surface area contributed by atoms with Gasteiger partial charge in [-0.3, -0.25) is 4.90 Å². The summed E-state index contributed by atoms with van der Waals surface area (Å²) in [6.07, 6.45) is -0.422. The van der Waals surface area contributed by atoms with E-state index < -0.39 is 6.08 Å². The Morgan fingerprint density at radius 2 is 1.88 bits per heavy atom. The Bertz CT molecular complexity index is 272. The molecule has 0 spiro atoms. The van der Waals surface area contributed by atoms with E-state index in [4.69, 9.17) is 0 Å². The second kappa shape index (κ2) is 4.82. The van der Waals surface area contributed by atoms with Crippen molar-refractivity contribution in [2.24, 2.45) is 5.41 Å². The highest BCUT2D eigenvalue weighted by Crippen LogP contribution is 2.36. The number of hydrogen-bond acceptors (Lipinski definition) is 1. The number of halogens is 2. The van der Waals surface area contributed by atoms with Gasteiger partial charge in [-0.2, -0.15) is 8.78 Å². The van der Waals surface area contributed by atoms with Gasteiger partial charge in [0.1, 0.15) is 0 Å². The lowest BCUT2D eigenvalue weighted by Gasteiger charge is -2.46. The molecule has 0 bridgehead atoms. The Kier molecular flexibility index (Phi) is 4.11. The highest BCUT2D eigenvalue weighted by molar-refractivity contribution is 5.11. The summed E-state index contributed by atoms with van der Waals surface area (Å²) in [6.45, 7) is 11.4. The lowest BCUT2D eigenvalue weighted by molar-refractivity contribution is 0.0535. The zero-order valence-electron chi connectivity index (χ0n) is 11.0. The molecule has 1 atom stereocenters. The summed E-state index contributed by atoms with van der Waals surface area (Å²) in [5, 5.41) is 0. The van der Waals surface area contributed by atoms with Crippen molar-refractivity contribution in [2.75, 3.05) is 6.54 Å². The molecule has 1 fully saturated rings. The molecule has 3 heteroatoms. The van der Waals surface area contributed by atoms with Gasteiger partial charge in [0, 0.05) is 18.6 Å². The number of piperidine rings is 1. The summed E-state index contributed by atoms with van der Waals surface area (Å²) >= 11 is 0. The smallest absolute Gasteiger partial charge is 0.269 e. The second-order valence-corrected chi connectivity index (χ2v) is 6.03. The first-order chi connectivity index (χ1) is 7.23. The van der Waals surface area contributed by atoms with Gasteiger partial charge in [-0.25, -0.2) is 0 Å². The third kappa shape index (κ3) is 3.03. The van der Waals surface area contributed by atoms with E-state index in [1.54, 1.807) is 0 Å². The minimum Gasteiger partial charge on any atom is -0.297 e. The van der Waals surface area contributed by atoms with Crippen molar-refractivity contribution in [2.45, 2.75) is 59.5 Å². The molecule has 0 aromatic carbocycles.